The van der Waals surface area contributed by atoms with E-state index in [4.69, 9.17) is 9.72 Å². The van der Waals surface area contributed by atoms with Crippen molar-refractivity contribution in [3.05, 3.63) is 82.3 Å². The second-order valence-electron chi connectivity index (χ2n) is 17.4. The number of hydrogen-bond acceptors (Lipinski definition) is 12. The van der Waals surface area contributed by atoms with Crippen molar-refractivity contribution in [2.45, 2.75) is 106 Å². The molecule has 4 aromatic rings. The van der Waals surface area contributed by atoms with E-state index in [0.717, 1.165) is 81.3 Å². The van der Waals surface area contributed by atoms with E-state index >= 15 is 0 Å². The second kappa shape index (κ2) is 16.1. The Morgan fingerprint density at radius 3 is 2.38 bits per heavy atom. The minimum absolute atomic E-state index is 0.00581. The average molecular weight is 850 g/mol. The zero-order valence-corrected chi connectivity index (χ0v) is 34.9. The van der Waals surface area contributed by atoms with Gasteiger partial charge in [-0.2, -0.15) is 9.29 Å². The molecule has 3 amide bonds. The summed E-state index contributed by atoms with van der Waals surface area (Å²) in [7, 11) is -3.74. The summed E-state index contributed by atoms with van der Waals surface area (Å²) in [6.07, 6.45) is 9.33. The van der Waals surface area contributed by atoms with Gasteiger partial charge < -0.3 is 19.9 Å². The Morgan fingerprint density at radius 2 is 1.61 bits per heavy atom. The van der Waals surface area contributed by atoms with Crippen LogP contribution in [0.15, 0.2) is 70.5 Å². The van der Waals surface area contributed by atoms with Crippen molar-refractivity contribution in [2.24, 2.45) is 0 Å². The standard InChI is InChI=1S/C44H51N9O7S/c54-39-12-11-38(42(56)47-39)52-25-29-22-32(9-10-37(29)43(52)57)50-26-33(27-50)49-18-16-34(17-19-49)60-35-6-3-7-36(23-35)61(58,59)51-20-14-30(15-21-51)46-44-45-24-28-8-13-40(55)53(41(28)48-44)31-4-1-2-5-31/h3,6-10,13,22-24,30-31,33-34,38H,1-2,4-5,11-12,14-21,25-27H2,(H,45,46,48)(H,47,54,56). The topological polar surface area (TPSA) is 179 Å². The molecule has 1 unspecified atom stereocenters. The lowest BCUT2D eigenvalue weighted by molar-refractivity contribution is -0.136. The zero-order valence-electron chi connectivity index (χ0n) is 34.1. The molecule has 5 aliphatic heterocycles. The predicted molar refractivity (Wildman–Crippen MR) is 227 cm³/mol. The molecule has 0 radical (unpaired) electrons. The smallest absolute Gasteiger partial charge is 0.255 e. The fourth-order valence-electron chi connectivity index (χ4n) is 10.1. The maximum atomic E-state index is 13.8. The van der Waals surface area contributed by atoms with Crippen molar-refractivity contribution in [1.29, 1.82) is 0 Å². The number of hydrogen-bond donors (Lipinski definition) is 2. The number of pyridine rings is 1. The minimum atomic E-state index is -3.74. The van der Waals surface area contributed by atoms with Crippen LogP contribution in [-0.4, -0.2) is 118 Å². The number of piperidine rings is 3. The van der Waals surface area contributed by atoms with Crippen molar-refractivity contribution in [1.82, 2.24) is 34.0 Å². The number of sulfonamides is 1. The van der Waals surface area contributed by atoms with Gasteiger partial charge in [0.25, 0.3) is 11.5 Å². The molecule has 16 nitrogen and oxygen atoms in total. The molecule has 0 bridgehead atoms. The van der Waals surface area contributed by atoms with E-state index in [1.165, 1.54) is 0 Å². The van der Waals surface area contributed by atoms with Crippen LogP contribution in [0.3, 0.4) is 0 Å². The maximum absolute atomic E-state index is 13.8. The normalized spacial score (nSPS) is 22.8. The van der Waals surface area contributed by atoms with Crippen LogP contribution >= 0.6 is 0 Å². The average Bonchev–Trinajstić information content (AvgIpc) is 3.89. The second-order valence-corrected chi connectivity index (χ2v) is 19.3. The van der Waals surface area contributed by atoms with Gasteiger partial charge in [-0.25, -0.2) is 13.4 Å². The van der Waals surface area contributed by atoms with Gasteiger partial charge in [-0.1, -0.05) is 18.9 Å². The van der Waals surface area contributed by atoms with Crippen molar-refractivity contribution in [2.75, 3.05) is 49.5 Å². The molecule has 0 spiro atoms. The highest BCUT2D eigenvalue weighted by molar-refractivity contribution is 7.89. The quantitative estimate of drug-likeness (QED) is 0.222. The van der Waals surface area contributed by atoms with Gasteiger partial charge in [0.1, 0.15) is 23.5 Å². The van der Waals surface area contributed by atoms with E-state index in [0.29, 0.717) is 67.8 Å². The highest BCUT2D eigenvalue weighted by Crippen LogP contribution is 2.34. The molecule has 61 heavy (non-hydrogen) atoms. The number of likely N-dealkylation sites (tertiary alicyclic amines) is 1. The van der Waals surface area contributed by atoms with E-state index in [1.807, 2.05) is 22.8 Å². The van der Waals surface area contributed by atoms with E-state index in [-0.39, 0.29) is 46.9 Å². The van der Waals surface area contributed by atoms with Crippen molar-refractivity contribution in [3.8, 4) is 5.75 Å². The van der Waals surface area contributed by atoms with Gasteiger partial charge >= 0.3 is 0 Å². The SMILES string of the molecule is O=C1CCC(N2Cc3cc(N4CC(N5CCC(Oc6cccc(S(=O)(=O)N7CCC(Nc8ncc9ccc(=O)n(C%10CCCC%10)c9n8)CC7)c6)CC5)C4)ccc3C2=O)C(=O)N1. The molecule has 1 atom stereocenters. The molecule has 4 saturated heterocycles. The number of fused-ring (bicyclic) bond motifs is 2. The molecule has 17 heteroatoms. The zero-order chi connectivity index (χ0) is 41.8. The Morgan fingerprint density at radius 1 is 0.820 bits per heavy atom. The molecule has 5 fully saturated rings. The number of amides is 3. The molecule has 1 saturated carbocycles. The van der Waals surface area contributed by atoms with Crippen LogP contribution in [0.5, 0.6) is 5.75 Å². The molecule has 320 valence electrons. The van der Waals surface area contributed by atoms with Crippen LogP contribution in [0, 0.1) is 0 Å². The third-order valence-electron chi connectivity index (χ3n) is 13.6. The largest absolute Gasteiger partial charge is 0.490 e. The van der Waals surface area contributed by atoms with Crippen LogP contribution in [0.2, 0.25) is 0 Å². The first kappa shape index (κ1) is 39.7. The molecule has 10 rings (SSSR count). The summed E-state index contributed by atoms with van der Waals surface area (Å²) >= 11 is 0. The van der Waals surface area contributed by atoms with E-state index < -0.39 is 22.0 Å². The number of rotatable bonds is 10. The van der Waals surface area contributed by atoms with Crippen LogP contribution in [-0.2, 0) is 26.2 Å². The monoisotopic (exact) mass is 849 g/mol. The third-order valence-corrected chi connectivity index (χ3v) is 15.5. The Kier molecular flexibility index (Phi) is 10.5. The lowest BCUT2D eigenvalue weighted by Crippen LogP contribution is -2.61. The molecule has 1 aliphatic carbocycles. The fourth-order valence-corrected chi connectivity index (χ4v) is 11.6. The highest BCUT2D eigenvalue weighted by atomic mass is 32.2. The number of aromatic nitrogens is 3. The number of ether oxygens (including phenoxy) is 1. The number of carbonyl (C=O) groups excluding carboxylic acids is 3. The molecule has 2 N–H and O–H groups in total. The number of carbonyl (C=O) groups is 3. The van der Waals surface area contributed by atoms with Crippen molar-refractivity contribution in [3.63, 3.8) is 0 Å². The Bertz CT molecular complexity index is 2540. The van der Waals surface area contributed by atoms with E-state index in [9.17, 15) is 27.6 Å². The summed E-state index contributed by atoms with van der Waals surface area (Å²) in [4.78, 5) is 66.0. The summed E-state index contributed by atoms with van der Waals surface area (Å²) in [5, 5.41) is 6.60. The van der Waals surface area contributed by atoms with E-state index in [1.54, 1.807) is 45.7 Å². The van der Waals surface area contributed by atoms with E-state index in [2.05, 4.69) is 31.5 Å². The van der Waals surface area contributed by atoms with Crippen LogP contribution in [0.25, 0.3) is 11.0 Å². The van der Waals surface area contributed by atoms with Crippen LogP contribution in [0.1, 0.15) is 86.2 Å². The number of benzene rings is 2. The summed E-state index contributed by atoms with van der Waals surface area (Å²) in [5.74, 6) is 0.148. The third kappa shape index (κ3) is 7.75. The summed E-state index contributed by atoms with van der Waals surface area (Å²) in [5.41, 5.74) is 3.19. The van der Waals surface area contributed by atoms with Gasteiger partial charge in [0.2, 0.25) is 27.8 Å². The Balaban J connectivity index is 0.693. The molecule has 2 aromatic heterocycles. The first-order chi connectivity index (χ1) is 29.6. The molecular weight excluding hydrogens is 799 g/mol. The van der Waals surface area contributed by atoms with Crippen molar-refractivity contribution >= 4 is 50.4 Å². The minimum Gasteiger partial charge on any atom is -0.490 e. The lowest BCUT2D eigenvalue weighted by Gasteiger charge is -2.48. The van der Waals surface area contributed by atoms with Gasteiger partial charge in [-0.15, -0.1) is 0 Å². The number of anilines is 2. The lowest BCUT2D eigenvalue weighted by atomic mass is 9.99. The number of nitrogens with one attached hydrogen (secondary N) is 2. The number of imide groups is 1. The van der Waals surface area contributed by atoms with Crippen LogP contribution in [0.4, 0.5) is 11.6 Å². The van der Waals surface area contributed by atoms with Gasteiger partial charge in [-0.3, -0.25) is 34.0 Å². The summed E-state index contributed by atoms with van der Waals surface area (Å²) < 4.78 is 37.4. The Hall–Kier alpha value is -5.39. The Labute approximate surface area is 354 Å². The summed E-state index contributed by atoms with van der Waals surface area (Å²) in [6.45, 7) is 4.60. The predicted octanol–water partition coefficient (Wildman–Crippen LogP) is 3.66. The molecule has 6 aliphatic rings. The van der Waals surface area contributed by atoms with Gasteiger partial charge in [-0.05, 0) is 86.9 Å². The van der Waals surface area contributed by atoms with Gasteiger partial charge in [0.15, 0.2) is 0 Å². The first-order valence-corrected chi connectivity index (χ1v) is 23.2. The van der Waals surface area contributed by atoms with Gasteiger partial charge in [0, 0.05) is 105 Å². The first-order valence-electron chi connectivity index (χ1n) is 21.8. The fraction of sp³-hybridized carbons (Fsp3) is 0.500. The van der Waals surface area contributed by atoms with Crippen molar-refractivity contribution < 1.29 is 27.5 Å². The molecule has 2 aromatic carbocycles. The highest BCUT2D eigenvalue weighted by Gasteiger charge is 2.40. The molecular formula is C44H51N9O7S. The van der Waals surface area contributed by atoms with Crippen LogP contribution < -0.4 is 25.8 Å². The van der Waals surface area contributed by atoms with Gasteiger partial charge in [0.05, 0.1) is 4.90 Å². The summed E-state index contributed by atoms with van der Waals surface area (Å²) in [6, 6.07) is 16.1. The molecule has 7 heterocycles. The number of nitrogens with zero attached hydrogens (tertiary/aromatic N) is 7. The maximum Gasteiger partial charge on any atom is 0.255 e.